The number of aromatic nitrogens is 2. The Labute approximate surface area is 129 Å². The van der Waals surface area contributed by atoms with Gasteiger partial charge in [0.25, 0.3) is 0 Å². The van der Waals surface area contributed by atoms with Gasteiger partial charge >= 0.3 is 0 Å². The first-order valence-corrected chi connectivity index (χ1v) is 7.59. The van der Waals surface area contributed by atoms with Gasteiger partial charge in [0.15, 0.2) is 0 Å². The average molecular weight is 304 g/mol. The van der Waals surface area contributed by atoms with E-state index in [1.165, 1.54) is 0 Å². The summed E-state index contributed by atoms with van der Waals surface area (Å²) < 4.78 is 5.52. The molecule has 110 valence electrons. The first-order chi connectivity index (χ1) is 10.3. The Bertz CT molecular complexity index is 645. The van der Waals surface area contributed by atoms with Gasteiger partial charge in [-0.05, 0) is 18.6 Å². The van der Waals surface area contributed by atoms with Crippen molar-refractivity contribution in [3.8, 4) is 0 Å². The Morgan fingerprint density at radius 2 is 2.14 bits per heavy atom. The molecule has 5 heteroatoms. The number of halogens is 1. The molecule has 1 aliphatic heterocycles. The van der Waals surface area contributed by atoms with Crippen molar-refractivity contribution >= 4 is 17.4 Å². The van der Waals surface area contributed by atoms with Gasteiger partial charge in [0.05, 0.1) is 18.9 Å². The smallest absolute Gasteiger partial charge is 0.135 e. The van der Waals surface area contributed by atoms with E-state index in [0.717, 1.165) is 53.1 Å². The van der Waals surface area contributed by atoms with Crippen molar-refractivity contribution in [1.29, 1.82) is 0 Å². The van der Waals surface area contributed by atoms with Gasteiger partial charge in [0.2, 0.25) is 0 Å². The summed E-state index contributed by atoms with van der Waals surface area (Å²) in [5.74, 6) is 1.70. The van der Waals surface area contributed by atoms with Gasteiger partial charge in [-0.25, -0.2) is 9.97 Å². The quantitative estimate of drug-likeness (QED) is 0.942. The van der Waals surface area contributed by atoms with Crippen molar-refractivity contribution in [2.45, 2.75) is 26.4 Å². The van der Waals surface area contributed by atoms with E-state index in [0.29, 0.717) is 13.0 Å². The molecule has 0 bridgehead atoms. The molecule has 1 N–H and O–H groups in total. The molecule has 0 saturated heterocycles. The molecule has 2 aromatic rings. The van der Waals surface area contributed by atoms with Crippen LogP contribution in [0.5, 0.6) is 0 Å². The number of hydrogen-bond acceptors (Lipinski definition) is 4. The molecule has 0 saturated carbocycles. The van der Waals surface area contributed by atoms with Crippen molar-refractivity contribution < 1.29 is 4.74 Å². The van der Waals surface area contributed by atoms with Crippen LogP contribution in [0.15, 0.2) is 24.3 Å². The summed E-state index contributed by atoms with van der Waals surface area (Å²) in [5.41, 5.74) is 3.23. The van der Waals surface area contributed by atoms with E-state index in [-0.39, 0.29) is 0 Å². The molecule has 3 rings (SSSR count). The Morgan fingerprint density at radius 1 is 1.29 bits per heavy atom. The second-order valence-corrected chi connectivity index (χ2v) is 5.42. The third-order valence-corrected chi connectivity index (χ3v) is 3.89. The number of rotatable bonds is 4. The van der Waals surface area contributed by atoms with Crippen LogP contribution in [0.25, 0.3) is 0 Å². The molecule has 0 fully saturated rings. The van der Waals surface area contributed by atoms with E-state index in [1.807, 2.05) is 24.3 Å². The first-order valence-electron chi connectivity index (χ1n) is 7.21. The van der Waals surface area contributed by atoms with E-state index in [1.54, 1.807) is 0 Å². The third-order valence-electron chi connectivity index (χ3n) is 3.52. The average Bonchev–Trinajstić information content (AvgIpc) is 2.50. The molecule has 2 heterocycles. The molecule has 0 amide bonds. The summed E-state index contributed by atoms with van der Waals surface area (Å²) >= 11 is 6.23. The zero-order valence-electron chi connectivity index (χ0n) is 12.0. The standard InChI is InChI=1S/C16H18ClN3O/c1-2-18-16-12-10-21-8-7-14(12)19-15(20-16)9-11-5-3-4-6-13(11)17/h3-6H,2,7-10H2,1H3,(H,18,19,20). The number of anilines is 1. The van der Waals surface area contributed by atoms with Crippen LogP contribution in [0.1, 0.15) is 29.6 Å². The lowest BCUT2D eigenvalue weighted by Gasteiger charge is -2.20. The first kappa shape index (κ1) is 14.3. The highest BCUT2D eigenvalue weighted by Gasteiger charge is 2.18. The van der Waals surface area contributed by atoms with Crippen molar-refractivity contribution in [2.75, 3.05) is 18.5 Å². The molecule has 0 radical (unpaired) electrons. The summed E-state index contributed by atoms with van der Waals surface area (Å²) in [4.78, 5) is 9.35. The predicted molar refractivity (Wildman–Crippen MR) is 83.8 cm³/mol. The van der Waals surface area contributed by atoms with Gasteiger partial charge < -0.3 is 10.1 Å². The van der Waals surface area contributed by atoms with E-state index in [9.17, 15) is 0 Å². The predicted octanol–water partition coefficient (Wildman–Crippen LogP) is 3.23. The van der Waals surface area contributed by atoms with Crippen LogP contribution >= 0.6 is 11.6 Å². The Morgan fingerprint density at radius 3 is 2.95 bits per heavy atom. The zero-order valence-corrected chi connectivity index (χ0v) is 12.8. The minimum absolute atomic E-state index is 0.587. The summed E-state index contributed by atoms with van der Waals surface area (Å²) in [7, 11) is 0. The molecule has 0 aliphatic carbocycles. The Kier molecular flexibility index (Phi) is 4.36. The lowest BCUT2D eigenvalue weighted by Crippen LogP contribution is -2.18. The van der Waals surface area contributed by atoms with E-state index < -0.39 is 0 Å². The molecular formula is C16H18ClN3O. The van der Waals surface area contributed by atoms with Crippen LogP contribution in [-0.2, 0) is 24.2 Å². The van der Waals surface area contributed by atoms with Crippen molar-refractivity contribution in [2.24, 2.45) is 0 Å². The molecule has 0 atom stereocenters. The van der Waals surface area contributed by atoms with E-state index in [2.05, 4.69) is 17.2 Å². The van der Waals surface area contributed by atoms with Crippen molar-refractivity contribution in [3.05, 3.63) is 51.9 Å². The van der Waals surface area contributed by atoms with Crippen LogP contribution in [0.2, 0.25) is 5.02 Å². The number of ether oxygens (including phenoxy) is 1. The van der Waals surface area contributed by atoms with Gasteiger partial charge in [-0.15, -0.1) is 0 Å². The summed E-state index contributed by atoms with van der Waals surface area (Å²) in [6.45, 7) is 4.20. The lowest BCUT2D eigenvalue weighted by molar-refractivity contribution is 0.109. The molecular weight excluding hydrogens is 286 g/mol. The molecule has 1 aliphatic rings. The fourth-order valence-corrected chi connectivity index (χ4v) is 2.69. The molecule has 1 aromatic carbocycles. The van der Waals surface area contributed by atoms with E-state index >= 15 is 0 Å². The van der Waals surface area contributed by atoms with Crippen LogP contribution in [-0.4, -0.2) is 23.1 Å². The number of nitrogens with one attached hydrogen (secondary N) is 1. The van der Waals surface area contributed by atoms with E-state index in [4.69, 9.17) is 21.3 Å². The number of fused-ring (bicyclic) bond motifs is 1. The maximum Gasteiger partial charge on any atom is 0.135 e. The highest BCUT2D eigenvalue weighted by atomic mass is 35.5. The highest BCUT2D eigenvalue weighted by Crippen LogP contribution is 2.24. The summed E-state index contributed by atoms with van der Waals surface area (Å²) in [6, 6.07) is 7.83. The maximum absolute atomic E-state index is 6.23. The van der Waals surface area contributed by atoms with Gasteiger partial charge in [0.1, 0.15) is 11.6 Å². The van der Waals surface area contributed by atoms with Crippen LogP contribution in [0.4, 0.5) is 5.82 Å². The molecule has 0 unspecified atom stereocenters. The minimum atomic E-state index is 0.587. The summed E-state index contributed by atoms with van der Waals surface area (Å²) in [5, 5.41) is 4.07. The largest absolute Gasteiger partial charge is 0.376 e. The third kappa shape index (κ3) is 3.17. The van der Waals surface area contributed by atoms with Crippen molar-refractivity contribution in [3.63, 3.8) is 0 Å². The minimum Gasteiger partial charge on any atom is -0.376 e. The van der Waals surface area contributed by atoms with Crippen LogP contribution in [0, 0.1) is 0 Å². The monoisotopic (exact) mass is 303 g/mol. The van der Waals surface area contributed by atoms with Crippen molar-refractivity contribution in [1.82, 2.24) is 9.97 Å². The van der Waals surface area contributed by atoms with Crippen LogP contribution < -0.4 is 5.32 Å². The van der Waals surface area contributed by atoms with Gasteiger partial charge in [-0.2, -0.15) is 0 Å². The number of benzene rings is 1. The maximum atomic E-state index is 6.23. The fourth-order valence-electron chi connectivity index (χ4n) is 2.49. The summed E-state index contributed by atoms with van der Waals surface area (Å²) in [6.07, 6.45) is 1.48. The molecule has 21 heavy (non-hydrogen) atoms. The van der Waals surface area contributed by atoms with Gasteiger partial charge in [-0.3, -0.25) is 0 Å². The Hall–Kier alpha value is -1.65. The highest BCUT2D eigenvalue weighted by molar-refractivity contribution is 6.31. The molecule has 0 spiro atoms. The molecule has 1 aromatic heterocycles. The van der Waals surface area contributed by atoms with Crippen LogP contribution in [0.3, 0.4) is 0 Å². The van der Waals surface area contributed by atoms with Gasteiger partial charge in [-0.1, -0.05) is 29.8 Å². The second-order valence-electron chi connectivity index (χ2n) is 5.01. The Balaban J connectivity index is 1.95. The second kappa shape index (κ2) is 6.41. The zero-order chi connectivity index (χ0) is 14.7. The lowest BCUT2D eigenvalue weighted by atomic mass is 10.1. The normalized spacial score (nSPS) is 13.8. The number of hydrogen-bond donors (Lipinski definition) is 1. The topological polar surface area (TPSA) is 47.0 Å². The number of nitrogens with zero attached hydrogens (tertiary/aromatic N) is 2. The SMILES string of the molecule is CCNc1nc(Cc2ccccc2Cl)nc2c1COCC2. The van der Waals surface area contributed by atoms with Gasteiger partial charge in [0, 0.05) is 30.0 Å². The fraction of sp³-hybridized carbons (Fsp3) is 0.375. The molecule has 4 nitrogen and oxygen atoms in total.